The molecule has 0 saturated carbocycles. The first-order valence-electron chi connectivity index (χ1n) is 10.3. The lowest BCUT2D eigenvalue weighted by molar-refractivity contribution is 0.0776. The first kappa shape index (κ1) is 20.1. The fourth-order valence-corrected chi connectivity index (χ4v) is 4.04. The lowest BCUT2D eigenvalue weighted by Crippen LogP contribution is -2.56. The number of likely N-dealkylation sites (tertiary alicyclic amines) is 1. The van der Waals surface area contributed by atoms with Crippen LogP contribution in [0.15, 0.2) is 67.1 Å². The standard InChI is InChI=1S/C23H28N6O/c1-23(2)17-28(15-18-8-4-3-5-9-18)13-11-20(23)27-22(30)26-19-14-25-29(16-19)21-10-6-7-12-24-21/h3-10,12,14,16,20H,11,13,15,17H2,1-2H3,(H2,26,27,30). The van der Waals surface area contributed by atoms with E-state index in [0.717, 1.165) is 26.1 Å². The lowest BCUT2D eigenvalue weighted by Gasteiger charge is -2.44. The first-order chi connectivity index (χ1) is 14.5. The van der Waals surface area contributed by atoms with Gasteiger partial charge in [0.15, 0.2) is 5.82 Å². The predicted octanol–water partition coefficient (Wildman–Crippen LogP) is 3.69. The van der Waals surface area contributed by atoms with Gasteiger partial charge in [-0.2, -0.15) is 5.10 Å². The Balaban J connectivity index is 1.32. The molecule has 0 bridgehead atoms. The van der Waals surface area contributed by atoms with Crippen molar-refractivity contribution in [2.45, 2.75) is 32.9 Å². The fraction of sp³-hybridized carbons (Fsp3) is 0.348. The van der Waals surface area contributed by atoms with Crippen molar-refractivity contribution in [2.24, 2.45) is 5.41 Å². The molecule has 3 heterocycles. The normalized spacial score (nSPS) is 18.7. The van der Waals surface area contributed by atoms with Gasteiger partial charge < -0.3 is 10.6 Å². The summed E-state index contributed by atoms with van der Waals surface area (Å²) >= 11 is 0. The van der Waals surface area contributed by atoms with Crippen LogP contribution in [0, 0.1) is 5.41 Å². The van der Waals surface area contributed by atoms with Crippen molar-refractivity contribution < 1.29 is 4.79 Å². The van der Waals surface area contributed by atoms with Gasteiger partial charge in [0.1, 0.15) is 0 Å². The van der Waals surface area contributed by atoms with Gasteiger partial charge in [-0.3, -0.25) is 4.90 Å². The van der Waals surface area contributed by atoms with E-state index >= 15 is 0 Å². The van der Waals surface area contributed by atoms with Gasteiger partial charge in [0, 0.05) is 31.9 Å². The molecule has 0 radical (unpaired) electrons. The average Bonchev–Trinajstić information content (AvgIpc) is 3.19. The molecule has 7 nitrogen and oxygen atoms in total. The van der Waals surface area contributed by atoms with E-state index in [1.54, 1.807) is 23.3 Å². The smallest absolute Gasteiger partial charge is 0.319 e. The van der Waals surface area contributed by atoms with E-state index in [0.29, 0.717) is 11.5 Å². The molecule has 2 aromatic heterocycles. The van der Waals surface area contributed by atoms with Gasteiger partial charge in [0.05, 0.1) is 18.1 Å². The maximum absolute atomic E-state index is 12.6. The Morgan fingerprint density at radius 3 is 2.70 bits per heavy atom. The molecule has 1 saturated heterocycles. The molecule has 1 atom stereocenters. The summed E-state index contributed by atoms with van der Waals surface area (Å²) in [7, 11) is 0. The van der Waals surface area contributed by atoms with Crippen LogP contribution in [0.25, 0.3) is 5.82 Å². The van der Waals surface area contributed by atoms with Crippen LogP contribution in [-0.4, -0.2) is 44.8 Å². The molecule has 0 aliphatic carbocycles. The molecule has 156 valence electrons. The highest BCUT2D eigenvalue weighted by Gasteiger charge is 2.36. The van der Waals surface area contributed by atoms with Gasteiger partial charge in [-0.1, -0.05) is 50.2 Å². The third-order valence-electron chi connectivity index (χ3n) is 5.59. The van der Waals surface area contributed by atoms with Crippen molar-refractivity contribution in [3.8, 4) is 5.82 Å². The quantitative estimate of drug-likeness (QED) is 0.680. The average molecular weight is 405 g/mol. The minimum Gasteiger partial charge on any atom is -0.334 e. The van der Waals surface area contributed by atoms with Crippen molar-refractivity contribution in [1.82, 2.24) is 25.0 Å². The Labute approximate surface area is 177 Å². The molecule has 0 spiro atoms. The van der Waals surface area contributed by atoms with E-state index in [4.69, 9.17) is 0 Å². The Morgan fingerprint density at radius 1 is 1.17 bits per heavy atom. The van der Waals surface area contributed by atoms with Crippen LogP contribution in [0.1, 0.15) is 25.8 Å². The number of nitrogens with one attached hydrogen (secondary N) is 2. The second-order valence-electron chi connectivity index (χ2n) is 8.49. The molecule has 4 rings (SSSR count). The zero-order chi connectivity index (χ0) is 21.0. The Bertz CT molecular complexity index is 970. The number of amides is 2. The van der Waals surface area contributed by atoms with E-state index in [-0.39, 0.29) is 17.5 Å². The summed E-state index contributed by atoms with van der Waals surface area (Å²) < 4.78 is 1.64. The van der Waals surface area contributed by atoms with E-state index in [9.17, 15) is 4.79 Å². The number of hydrogen-bond donors (Lipinski definition) is 2. The van der Waals surface area contributed by atoms with E-state index in [2.05, 4.69) is 63.7 Å². The van der Waals surface area contributed by atoms with Crippen LogP contribution in [0.3, 0.4) is 0 Å². The summed E-state index contributed by atoms with van der Waals surface area (Å²) in [6, 6.07) is 16.0. The van der Waals surface area contributed by atoms with Crippen molar-refractivity contribution in [3.05, 3.63) is 72.7 Å². The Hall–Kier alpha value is -3.19. The summed E-state index contributed by atoms with van der Waals surface area (Å²) in [5, 5.41) is 10.3. The highest BCUT2D eigenvalue weighted by Crippen LogP contribution is 2.30. The van der Waals surface area contributed by atoms with Crippen LogP contribution < -0.4 is 10.6 Å². The number of carbonyl (C=O) groups is 1. The zero-order valence-electron chi connectivity index (χ0n) is 17.5. The summed E-state index contributed by atoms with van der Waals surface area (Å²) in [6.45, 7) is 7.27. The van der Waals surface area contributed by atoms with Crippen molar-refractivity contribution in [2.75, 3.05) is 18.4 Å². The highest BCUT2D eigenvalue weighted by atomic mass is 16.2. The van der Waals surface area contributed by atoms with Gasteiger partial charge in [-0.25, -0.2) is 14.5 Å². The van der Waals surface area contributed by atoms with Crippen LogP contribution in [0.5, 0.6) is 0 Å². The van der Waals surface area contributed by atoms with Crippen LogP contribution >= 0.6 is 0 Å². The summed E-state index contributed by atoms with van der Waals surface area (Å²) in [5.41, 5.74) is 1.93. The van der Waals surface area contributed by atoms with Crippen molar-refractivity contribution in [3.63, 3.8) is 0 Å². The Kier molecular flexibility index (Phi) is 5.81. The number of aromatic nitrogens is 3. The number of nitrogens with zero attached hydrogens (tertiary/aromatic N) is 4. The molecular formula is C23H28N6O. The molecule has 2 N–H and O–H groups in total. The molecule has 2 amide bonds. The molecule has 7 heteroatoms. The maximum Gasteiger partial charge on any atom is 0.319 e. The summed E-state index contributed by atoms with van der Waals surface area (Å²) in [6.07, 6.45) is 6.01. The summed E-state index contributed by atoms with van der Waals surface area (Å²) in [5.74, 6) is 0.706. The second kappa shape index (κ2) is 8.67. The number of benzene rings is 1. The highest BCUT2D eigenvalue weighted by molar-refractivity contribution is 5.89. The molecule has 1 aliphatic heterocycles. The lowest BCUT2D eigenvalue weighted by atomic mass is 9.79. The topological polar surface area (TPSA) is 75.1 Å². The van der Waals surface area contributed by atoms with E-state index in [1.165, 1.54) is 5.56 Å². The third-order valence-corrected chi connectivity index (χ3v) is 5.59. The monoisotopic (exact) mass is 404 g/mol. The zero-order valence-corrected chi connectivity index (χ0v) is 17.5. The Morgan fingerprint density at radius 2 is 1.97 bits per heavy atom. The molecule has 3 aromatic rings. The first-order valence-corrected chi connectivity index (χ1v) is 10.3. The van der Waals surface area contributed by atoms with Crippen LogP contribution in [-0.2, 0) is 6.54 Å². The number of hydrogen-bond acceptors (Lipinski definition) is 4. The SMILES string of the molecule is CC1(C)CN(Cc2ccccc2)CCC1NC(=O)Nc1cnn(-c2ccccn2)c1. The molecule has 1 fully saturated rings. The molecular weight excluding hydrogens is 376 g/mol. The van der Waals surface area contributed by atoms with Gasteiger partial charge in [-0.15, -0.1) is 0 Å². The van der Waals surface area contributed by atoms with Crippen LogP contribution in [0.4, 0.5) is 10.5 Å². The van der Waals surface area contributed by atoms with Gasteiger partial charge in [0.25, 0.3) is 0 Å². The van der Waals surface area contributed by atoms with E-state index in [1.807, 2.05) is 24.3 Å². The third kappa shape index (κ3) is 4.86. The molecule has 30 heavy (non-hydrogen) atoms. The van der Waals surface area contributed by atoms with Gasteiger partial charge in [-0.05, 0) is 29.5 Å². The van der Waals surface area contributed by atoms with Gasteiger partial charge >= 0.3 is 6.03 Å². The molecule has 1 aromatic carbocycles. The second-order valence-corrected chi connectivity index (χ2v) is 8.49. The fourth-order valence-electron chi connectivity index (χ4n) is 4.04. The maximum atomic E-state index is 12.6. The van der Waals surface area contributed by atoms with Gasteiger partial charge in [0.2, 0.25) is 0 Å². The number of urea groups is 1. The minimum atomic E-state index is -0.204. The largest absolute Gasteiger partial charge is 0.334 e. The number of anilines is 1. The molecule has 1 unspecified atom stereocenters. The van der Waals surface area contributed by atoms with Crippen LogP contribution in [0.2, 0.25) is 0 Å². The number of pyridine rings is 1. The molecule has 1 aliphatic rings. The number of carbonyl (C=O) groups excluding carboxylic acids is 1. The minimum absolute atomic E-state index is 0.0253. The van der Waals surface area contributed by atoms with Crippen molar-refractivity contribution in [1.29, 1.82) is 0 Å². The number of rotatable bonds is 5. The van der Waals surface area contributed by atoms with Crippen molar-refractivity contribution >= 4 is 11.7 Å². The number of piperidine rings is 1. The van der Waals surface area contributed by atoms with E-state index < -0.39 is 0 Å². The summed E-state index contributed by atoms with van der Waals surface area (Å²) in [4.78, 5) is 19.3. The predicted molar refractivity (Wildman–Crippen MR) is 117 cm³/mol.